The van der Waals surface area contributed by atoms with E-state index in [2.05, 4.69) is 12.2 Å². The smallest absolute Gasteiger partial charge is 0.222 e. The second kappa shape index (κ2) is 14.4. The summed E-state index contributed by atoms with van der Waals surface area (Å²) in [6.07, 6.45) is 2.41. The summed E-state index contributed by atoms with van der Waals surface area (Å²) >= 11 is 0. The molecule has 1 N–H and O–H groups in total. The molecule has 0 rings (SSSR count). The summed E-state index contributed by atoms with van der Waals surface area (Å²) in [6.45, 7) is 8.37. The molecule has 0 unspecified atom stereocenters. The highest BCUT2D eigenvalue weighted by Crippen LogP contribution is 1.86. The summed E-state index contributed by atoms with van der Waals surface area (Å²) in [7, 11) is 0. The summed E-state index contributed by atoms with van der Waals surface area (Å²) in [6, 6.07) is 0. The molecule has 1 amide bonds. The van der Waals surface area contributed by atoms with E-state index in [1.54, 1.807) is 0 Å². The second-order valence-electron chi connectivity index (χ2n) is 3.94. The molecule has 0 bridgehead atoms. The molecular formula is C13H27NO4. The van der Waals surface area contributed by atoms with Crippen LogP contribution in [0.1, 0.15) is 33.1 Å². The zero-order valence-electron chi connectivity index (χ0n) is 11.7. The van der Waals surface area contributed by atoms with Gasteiger partial charge >= 0.3 is 0 Å². The zero-order valence-corrected chi connectivity index (χ0v) is 11.7. The lowest BCUT2D eigenvalue weighted by atomic mass is 10.4. The summed E-state index contributed by atoms with van der Waals surface area (Å²) in [4.78, 5) is 11.2. The maximum atomic E-state index is 11.2. The molecule has 0 aromatic carbocycles. The van der Waals surface area contributed by atoms with Crippen molar-refractivity contribution in [3.8, 4) is 0 Å². The lowest BCUT2D eigenvalue weighted by Crippen LogP contribution is -2.25. The molecule has 0 aromatic rings. The van der Waals surface area contributed by atoms with Crippen LogP contribution in [0.2, 0.25) is 0 Å². The predicted octanol–water partition coefficient (Wildman–Crippen LogP) is 1.36. The van der Waals surface area contributed by atoms with Gasteiger partial charge in [-0.2, -0.15) is 0 Å². The van der Waals surface area contributed by atoms with Crippen molar-refractivity contribution in [3.05, 3.63) is 0 Å². The molecule has 108 valence electrons. The van der Waals surface area contributed by atoms with Gasteiger partial charge in [0, 0.05) is 19.6 Å². The molecule has 0 aliphatic rings. The molecule has 0 radical (unpaired) electrons. The third-order valence-electron chi connectivity index (χ3n) is 2.14. The van der Waals surface area contributed by atoms with Gasteiger partial charge in [-0.3, -0.25) is 4.79 Å². The van der Waals surface area contributed by atoms with E-state index in [9.17, 15) is 4.79 Å². The molecule has 0 aliphatic carbocycles. The van der Waals surface area contributed by atoms with E-state index in [1.165, 1.54) is 0 Å². The fourth-order valence-electron chi connectivity index (χ4n) is 1.20. The van der Waals surface area contributed by atoms with Gasteiger partial charge in [0.1, 0.15) is 0 Å². The van der Waals surface area contributed by atoms with E-state index < -0.39 is 0 Å². The number of nitrogens with one attached hydrogen (secondary N) is 1. The highest BCUT2D eigenvalue weighted by atomic mass is 16.5. The van der Waals surface area contributed by atoms with Crippen molar-refractivity contribution in [2.75, 3.05) is 46.2 Å². The van der Waals surface area contributed by atoms with Gasteiger partial charge in [0.2, 0.25) is 5.91 Å². The zero-order chi connectivity index (χ0) is 13.5. The van der Waals surface area contributed by atoms with Gasteiger partial charge in [0.05, 0.1) is 33.0 Å². The van der Waals surface area contributed by atoms with Gasteiger partial charge in [-0.1, -0.05) is 13.8 Å². The number of rotatable bonds is 13. The van der Waals surface area contributed by atoms with Gasteiger partial charge in [-0.15, -0.1) is 0 Å². The first-order valence-electron chi connectivity index (χ1n) is 6.81. The van der Waals surface area contributed by atoms with Crippen LogP contribution in [0.25, 0.3) is 0 Å². The maximum Gasteiger partial charge on any atom is 0.222 e. The van der Waals surface area contributed by atoms with Crippen LogP contribution in [-0.2, 0) is 19.0 Å². The van der Waals surface area contributed by atoms with E-state index in [0.29, 0.717) is 39.5 Å². The topological polar surface area (TPSA) is 56.8 Å². The monoisotopic (exact) mass is 261 g/mol. The van der Waals surface area contributed by atoms with Crippen molar-refractivity contribution in [1.29, 1.82) is 0 Å². The van der Waals surface area contributed by atoms with Crippen molar-refractivity contribution >= 4 is 5.91 Å². The standard InChI is InChI=1S/C13H27NO4/c1-3-6-14-13(15)5-8-17-10-12-18-11-9-16-7-4-2/h3-12H2,1-2H3,(H,14,15). The average Bonchev–Trinajstić information content (AvgIpc) is 2.38. The van der Waals surface area contributed by atoms with Crippen LogP contribution in [0, 0.1) is 0 Å². The average molecular weight is 261 g/mol. The molecular weight excluding hydrogens is 234 g/mol. The minimum atomic E-state index is 0.0470. The van der Waals surface area contributed by atoms with Gasteiger partial charge in [0.15, 0.2) is 0 Å². The normalized spacial score (nSPS) is 10.6. The first-order chi connectivity index (χ1) is 8.81. The predicted molar refractivity (Wildman–Crippen MR) is 70.7 cm³/mol. The third-order valence-corrected chi connectivity index (χ3v) is 2.14. The minimum Gasteiger partial charge on any atom is -0.379 e. The van der Waals surface area contributed by atoms with Gasteiger partial charge < -0.3 is 19.5 Å². The molecule has 5 heteroatoms. The molecule has 0 saturated carbocycles. The fourth-order valence-corrected chi connectivity index (χ4v) is 1.20. The Balaban J connectivity index is 3.04. The Kier molecular flexibility index (Phi) is 13.9. The summed E-state index contributed by atoms with van der Waals surface area (Å²) in [5, 5.41) is 2.80. The van der Waals surface area contributed by atoms with Crippen molar-refractivity contribution in [2.24, 2.45) is 0 Å². The number of amides is 1. The Morgan fingerprint density at radius 2 is 1.39 bits per heavy atom. The van der Waals surface area contributed by atoms with Gasteiger partial charge in [-0.05, 0) is 12.8 Å². The fraction of sp³-hybridized carbons (Fsp3) is 0.923. The van der Waals surface area contributed by atoms with Crippen molar-refractivity contribution in [3.63, 3.8) is 0 Å². The van der Waals surface area contributed by atoms with E-state index in [-0.39, 0.29) is 5.91 Å². The number of carbonyl (C=O) groups excluding carboxylic acids is 1. The molecule has 0 heterocycles. The van der Waals surface area contributed by atoms with E-state index in [4.69, 9.17) is 14.2 Å². The Morgan fingerprint density at radius 3 is 1.94 bits per heavy atom. The quantitative estimate of drug-likeness (QED) is 0.509. The molecule has 0 fully saturated rings. The van der Waals surface area contributed by atoms with Crippen LogP contribution < -0.4 is 5.32 Å². The molecule has 0 spiro atoms. The Labute approximate surface area is 110 Å². The minimum absolute atomic E-state index is 0.0470. The Bertz CT molecular complexity index is 188. The molecule has 5 nitrogen and oxygen atoms in total. The van der Waals surface area contributed by atoms with Crippen LogP contribution in [0.3, 0.4) is 0 Å². The van der Waals surface area contributed by atoms with Crippen LogP contribution in [-0.4, -0.2) is 52.1 Å². The van der Waals surface area contributed by atoms with Crippen LogP contribution in [0.5, 0.6) is 0 Å². The van der Waals surface area contributed by atoms with Gasteiger partial charge in [-0.25, -0.2) is 0 Å². The highest BCUT2D eigenvalue weighted by molar-refractivity contribution is 5.75. The molecule has 0 aliphatic heterocycles. The first kappa shape index (κ1) is 17.4. The van der Waals surface area contributed by atoms with Crippen molar-refractivity contribution < 1.29 is 19.0 Å². The number of hydrogen-bond donors (Lipinski definition) is 1. The number of hydrogen-bond acceptors (Lipinski definition) is 4. The largest absolute Gasteiger partial charge is 0.379 e. The van der Waals surface area contributed by atoms with Crippen molar-refractivity contribution in [2.45, 2.75) is 33.1 Å². The van der Waals surface area contributed by atoms with Gasteiger partial charge in [0.25, 0.3) is 0 Å². The lowest BCUT2D eigenvalue weighted by Gasteiger charge is -2.06. The molecule has 0 aromatic heterocycles. The summed E-state index contributed by atoms with van der Waals surface area (Å²) in [5.41, 5.74) is 0. The van der Waals surface area contributed by atoms with E-state index in [1.807, 2.05) is 6.92 Å². The van der Waals surface area contributed by atoms with E-state index >= 15 is 0 Å². The van der Waals surface area contributed by atoms with E-state index in [0.717, 1.165) is 26.0 Å². The van der Waals surface area contributed by atoms with Crippen LogP contribution in [0.4, 0.5) is 0 Å². The lowest BCUT2D eigenvalue weighted by molar-refractivity contribution is -0.122. The first-order valence-corrected chi connectivity index (χ1v) is 6.81. The highest BCUT2D eigenvalue weighted by Gasteiger charge is 1.99. The summed E-state index contributed by atoms with van der Waals surface area (Å²) in [5.74, 6) is 0.0470. The Morgan fingerprint density at radius 1 is 0.833 bits per heavy atom. The SMILES string of the molecule is CCCNC(=O)CCOCCOCCOCCC. The third kappa shape index (κ3) is 13.4. The molecule has 18 heavy (non-hydrogen) atoms. The van der Waals surface area contributed by atoms with Crippen LogP contribution >= 0.6 is 0 Å². The number of ether oxygens (including phenoxy) is 3. The van der Waals surface area contributed by atoms with Crippen molar-refractivity contribution in [1.82, 2.24) is 5.32 Å². The number of carbonyl (C=O) groups is 1. The second-order valence-corrected chi connectivity index (χ2v) is 3.94. The maximum absolute atomic E-state index is 11.2. The molecule has 0 saturated heterocycles. The summed E-state index contributed by atoms with van der Waals surface area (Å²) < 4.78 is 15.8. The molecule has 0 atom stereocenters. The Hall–Kier alpha value is -0.650. The van der Waals surface area contributed by atoms with Crippen LogP contribution in [0.15, 0.2) is 0 Å².